The van der Waals surface area contributed by atoms with Gasteiger partial charge in [0.15, 0.2) is 0 Å². The van der Waals surface area contributed by atoms with Gasteiger partial charge in [-0.1, -0.05) is 20.8 Å². The molecule has 0 aliphatic carbocycles. The largest absolute Gasteiger partial charge is 0.394 e. The lowest BCUT2D eigenvalue weighted by Gasteiger charge is -2.40. The van der Waals surface area contributed by atoms with E-state index in [1.165, 1.54) is 0 Å². The van der Waals surface area contributed by atoms with Gasteiger partial charge in [-0.25, -0.2) is 5.48 Å². The number of hydroxylamine groups is 1. The molecule has 0 heterocycles. The van der Waals surface area contributed by atoms with Crippen molar-refractivity contribution < 1.29 is 15.1 Å². The molecule has 0 amide bonds. The molecule has 16 heavy (non-hydrogen) atoms. The second-order valence-electron chi connectivity index (χ2n) is 4.99. The molecule has 0 aliphatic rings. The van der Waals surface area contributed by atoms with E-state index in [4.69, 9.17) is 9.94 Å². The molecule has 4 nitrogen and oxygen atoms in total. The molecule has 0 saturated carbocycles. The molecular formula is C12H27NO3. The molecule has 3 unspecified atom stereocenters. The minimum absolute atomic E-state index is 0.205. The SMILES string of the molecule is CCC(C)(CC(C)(CC)C(O)CO)ONC. The highest BCUT2D eigenvalue weighted by Crippen LogP contribution is 2.37. The normalized spacial score (nSPS) is 21.2. The highest BCUT2D eigenvalue weighted by molar-refractivity contribution is 4.89. The zero-order chi connectivity index (χ0) is 12.8. The third-order valence-electron chi connectivity index (χ3n) is 3.66. The summed E-state index contributed by atoms with van der Waals surface area (Å²) in [5, 5.41) is 19.0. The summed E-state index contributed by atoms with van der Waals surface area (Å²) < 4.78 is 0. The Morgan fingerprint density at radius 1 is 1.25 bits per heavy atom. The van der Waals surface area contributed by atoms with Crippen molar-refractivity contribution >= 4 is 0 Å². The minimum atomic E-state index is -0.705. The Hall–Kier alpha value is -0.160. The maximum atomic E-state index is 9.88. The average Bonchev–Trinajstić information content (AvgIpc) is 2.28. The maximum absolute atomic E-state index is 9.88. The molecule has 3 N–H and O–H groups in total. The summed E-state index contributed by atoms with van der Waals surface area (Å²) in [6, 6.07) is 0. The molecule has 3 atom stereocenters. The third kappa shape index (κ3) is 4.01. The van der Waals surface area contributed by atoms with Gasteiger partial charge in [0.2, 0.25) is 0 Å². The lowest BCUT2D eigenvalue weighted by molar-refractivity contribution is -0.132. The first kappa shape index (κ1) is 15.8. The summed E-state index contributed by atoms with van der Waals surface area (Å²) >= 11 is 0. The second-order valence-corrected chi connectivity index (χ2v) is 4.99. The predicted octanol–water partition coefficient (Wildman–Crippen LogP) is 1.47. The Kier molecular flexibility index (Phi) is 6.48. The Morgan fingerprint density at radius 3 is 2.12 bits per heavy atom. The number of hydrogen-bond acceptors (Lipinski definition) is 4. The Morgan fingerprint density at radius 2 is 1.81 bits per heavy atom. The first-order valence-electron chi connectivity index (χ1n) is 6.01. The van der Waals surface area contributed by atoms with Crippen LogP contribution < -0.4 is 5.48 Å². The molecule has 4 heteroatoms. The number of hydrogen-bond donors (Lipinski definition) is 3. The average molecular weight is 233 g/mol. The quantitative estimate of drug-likeness (QED) is 0.556. The molecule has 98 valence electrons. The molecule has 0 rings (SSSR count). The van der Waals surface area contributed by atoms with Gasteiger partial charge in [0.25, 0.3) is 0 Å². The lowest BCUT2D eigenvalue weighted by atomic mass is 9.72. The van der Waals surface area contributed by atoms with Crippen molar-refractivity contribution in [3.8, 4) is 0 Å². The van der Waals surface area contributed by atoms with Crippen LogP contribution in [-0.2, 0) is 4.84 Å². The van der Waals surface area contributed by atoms with Crippen molar-refractivity contribution in [1.82, 2.24) is 5.48 Å². The van der Waals surface area contributed by atoms with E-state index in [1.807, 2.05) is 20.8 Å². The molecular weight excluding hydrogens is 206 g/mol. The van der Waals surface area contributed by atoms with Gasteiger partial charge in [0, 0.05) is 7.05 Å². The Labute approximate surface area is 99.0 Å². The van der Waals surface area contributed by atoms with Crippen LogP contribution in [0.5, 0.6) is 0 Å². The van der Waals surface area contributed by atoms with Crippen molar-refractivity contribution in [2.45, 2.75) is 58.7 Å². The summed E-state index contributed by atoms with van der Waals surface area (Å²) in [5.41, 5.74) is 2.07. The number of nitrogens with one attached hydrogen (secondary N) is 1. The summed E-state index contributed by atoms with van der Waals surface area (Å²) in [4.78, 5) is 5.53. The monoisotopic (exact) mass is 233 g/mol. The van der Waals surface area contributed by atoms with Crippen LogP contribution in [0, 0.1) is 5.41 Å². The van der Waals surface area contributed by atoms with E-state index in [0.717, 1.165) is 12.8 Å². The fourth-order valence-electron chi connectivity index (χ4n) is 2.03. The van der Waals surface area contributed by atoms with Gasteiger partial charge >= 0.3 is 0 Å². The first-order valence-corrected chi connectivity index (χ1v) is 6.01. The van der Waals surface area contributed by atoms with Crippen LogP contribution >= 0.6 is 0 Å². The fourth-order valence-corrected chi connectivity index (χ4v) is 2.03. The molecule has 0 fully saturated rings. The van der Waals surface area contributed by atoms with Gasteiger partial charge in [0.05, 0.1) is 18.3 Å². The first-order chi connectivity index (χ1) is 7.37. The number of rotatable bonds is 8. The van der Waals surface area contributed by atoms with E-state index in [-0.39, 0.29) is 17.6 Å². The van der Waals surface area contributed by atoms with Crippen LogP contribution in [0.25, 0.3) is 0 Å². The van der Waals surface area contributed by atoms with Gasteiger partial charge in [-0.05, 0) is 31.6 Å². The highest BCUT2D eigenvalue weighted by atomic mass is 16.7. The fraction of sp³-hybridized carbons (Fsp3) is 1.00. The molecule has 0 saturated heterocycles. The van der Waals surface area contributed by atoms with E-state index in [2.05, 4.69) is 12.4 Å². The number of aliphatic hydroxyl groups excluding tert-OH is 2. The van der Waals surface area contributed by atoms with E-state index in [1.54, 1.807) is 7.05 Å². The molecule has 0 aliphatic heterocycles. The van der Waals surface area contributed by atoms with Gasteiger partial charge < -0.3 is 10.2 Å². The van der Waals surface area contributed by atoms with Crippen molar-refractivity contribution in [3.05, 3.63) is 0 Å². The van der Waals surface area contributed by atoms with Gasteiger partial charge in [-0.2, -0.15) is 0 Å². The Balaban J connectivity index is 4.72. The van der Waals surface area contributed by atoms with E-state index in [0.29, 0.717) is 6.42 Å². The van der Waals surface area contributed by atoms with Gasteiger partial charge in [-0.3, -0.25) is 4.84 Å². The van der Waals surface area contributed by atoms with Crippen LogP contribution in [0.2, 0.25) is 0 Å². The summed E-state index contributed by atoms with van der Waals surface area (Å²) in [5.74, 6) is 0. The van der Waals surface area contributed by atoms with Crippen LogP contribution in [0.15, 0.2) is 0 Å². The number of aliphatic hydroxyl groups is 2. The topological polar surface area (TPSA) is 61.7 Å². The van der Waals surface area contributed by atoms with Crippen molar-refractivity contribution in [2.24, 2.45) is 5.41 Å². The van der Waals surface area contributed by atoms with Crippen LogP contribution in [-0.4, -0.2) is 35.6 Å². The molecule has 0 radical (unpaired) electrons. The van der Waals surface area contributed by atoms with E-state index < -0.39 is 6.10 Å². The highest BCUT2D eigenvalue weighted by Gasteiger charge is 2.38. The molecule has 0 aromatic carbocycles. The van der Waals surface area contributed by atoms with Crippen LogP contribution in [0.4, 0.5) is 0 Å². The third-order valence-corrected chi connectivity index (χ3v) is 3.66. The zero-order valence-electron chi connectivity index (χ0n) is 11.2. The van der Waals surface area contributed by atoms with Crippen molar-refractivity contribution in [2.75, 3.05) is 13.7 Å². The standard InChI is InChI=1S/C12H27NO3/c1-6-11(3,10(15)8-14)9-12(4,7-2)16-13-5/h10,13-15H,6-9H2,1-5H3. The zero-order valence-corrected chi connectivity index (χ0v) is 11.2. The predicted molar refractivity (Wildman–Crippen MR) is 64.9 cm³/mol. The van der Waals surface area contributed by atoms with Crippen LogP contribution in [0.1, 0.15) is 47.0 Å². The summed E-state index contributed by atoms with van der Waals surface area (Å²) in [7, 11) is 1.74. The molecule has 0 bridgehead atoms. The minimum Gasteiger partial charge on any atom is -0.394 e. The van der Waals surface area contributed by atoms with E-state index in [9.17, 15) is 5.11 Å². The lowest BCUT2D eigenvalue weighted by Crippen LogP contribution is -2.44. The van der Waals surface area contributed by atoms with Crippen molar-refractivity contribution in [1.29, 1.82) is 0 Å². The second kappa shape index (κ2) is 6.55. The van der Waals surface area contributed by atoms with Crippen LogP contribution in [0.3, 0.4) is 0 Å². The van der Waals surface area contributed by atoms with Gasteiger partial charge in [0.1, 0.15) is 0 Å². The van der Waals surface area contributed by atoms with Gasteiger partial charge in [-0.15, -0.1) is 0 Å². The molecule has 0 aromatic heterocycles. The molecule has 0 spiro atoms. The summed E-state index contributed by atoms with van der Waals surface area (Å²) in [6.07, 6.45) is 1.65. The molecule has 0 aromatic rings. The van der Waals surface area contributed by atoms with Crippen molar-refractivity contribution in [3.63, 3.8) is 0 Å². The summed E-state index contributed by atoms with van der Waals surface area (Å²) in [6.45, 7) is 7.87. The van der Waals surface area contributed by atoms with E-state index >= 15 is 0 Å². The Bertz CT molecular complexity index is 201. The smallest absolute Gasteiger partial charge is 0.0872 e. The maximum Gasteiger partial charge on any atom is 0.0872 e.